The molecule has 0 aliphatic heterocycles. The number of anilines is 1. The van der Waals surface area contributed by atoms with Gasteiger partial charge in [-0.15, -0.1) is 11.8 Å². The maximum atomic E-state index is 13.7. The Bertz CT molecular complexity index is 592. The van der Waals surface area contributed by atoms with Crippen LogP contribution in [0.2, 0.25) is 0 Å². The Labute approximate surface area is 124 Å². The van der Waals surface area contributed by atoms with E-state index in [1.807, 2.05) is 18.2 Å². The highest BCUT2D eigenvalue weighted by Crippen LogP contribution is 2.31. The van der Waals surface area contributed by atoms with Crippen LogP contribution in [0.5, 0.6) is 5.75 Å². The third kappa shape index (κ3) is 3.64. The molecular weight excluding hydrogens is 329 g/mol. The van der Waals surface area contributed by atoms with Gasteiger partial charge in [-0.2, -0.15) is 0 Å². The van der Waals surface area contributed by atoms with Crippen molar-refractivity contribution in [3.8, 4) is 5.75 Å². The van der Waals surface area contributed by atoms with E-state index in [0.29, 0.717) is 16.3 Å². The SMILES string of the molecule is COc1ccc(Br)cc1CSc1ccc(N)cc1F. The van der Waals surface area contributed by atoms with Crippen molar-refractivity contribution >= 4 is 33.4 Å². The average Bonchev–Trinajstić information content (AvgIpc) is 2.38. The van der Waals surface area contributed by atoms with Crippen LogP contribution in [-0.4, -0.2) is 7.11 Å². The first-order valence-electron chi connectivity index (χ1n) is 5.60. The first-order valence-corrected chi connectivity index (χ1v) is 7.38. The van der Waals surface area contributed by atoms with Crippen LogP contribution in [-0.2, 0) is 5.75 Å². The Morgan fingerprint density at radius 1 is 1.26 bits per heavy atom. The van der Waals surface area contributed by atoms with Gasteiger partial charge in [0.2, 0.25) is 0 Å². The molecule has 0 atom stereocenters. The second-order valence-electron chi connectivity index (χ2n) is 3.93. The van der Waals surface area contributed by atoms with Gasteiger partial charge in [-0.3, -0.25) is 0 Å². The summed E-state index contributed by atoms with van der Waals surface area (Å²) in [5.74, 6) is 1.13. The van der Waals surface area contributed by atoms with E-state index in [1.54, 1.807) is 19.2 Å². The second kappa shape index (κ2) is 6.30. The lowest BCUT2D eigenvalue weighted by Crippen LogP contribution is -1.92. The summed E-state index contributed by atoms with van der Waals surface area (Å²) in [6.07, 6.45) is 0. The zero-order valence-corrected chi connectivity index (χ0v) is 12.7. The maximum Gasteiger partial charge on any atom is 0.138 e. The van der Waals surface area contributed by atoms with Crippen molar-refractivity contribution in [2.45, 2.75) is 10.6 Å². The Morgan fingerprint density at radius 3 is 2.74 bits per heavy atom. The van der Waals surface area contributed by atoms with Crippen LogP contribution >= 0.6 is 27.7 Å². The van der Waals surface area contributed by atoms with Gasteiger partial charge in [-0.1, -0.05) is 15.9 Å². The molecule has 0 saturated heterocycles. The number of methoxy groups -OCH3 is 1. The largest absolute Gasteiger partial charge is 0.496 e. The van der Waals surface area contributed by atoms with Gasteiger partial charge in [-0.25, -0.2) is 4.39 Å². The number of halogens is 2. The molecule has 0 spiro atoms. The fraction of sp³-hybridized carbons (Fsp3) is 0.143. The molecular formula is C14H13BrFNOS. The molecule has 0 saturated carbocycles. The summed E-state index contributed by atoms with van der Waals surface area (Å²) >= 11 is 4.84. The van der Waals surface area contributed by atoms with Crippen molar-refractivity contribution in [1.82, 2.24) is 0 Å². The Balaban J connectivity index is 2.16. The number of ether oxygens (including phenoxy) is 1. The molecule has 2 nitrogen and oxygen atoms in total. The van der Waals surface area contributed by atoms with Crippen molar-refractivity contribution in [1.29, 1.82) is 0 Å². The van der Waals surface area contributed by atoms with Crippen LogP contribution in [0.4, 0.5) is 10.1 Å². The molecule has 0 radical (unpaired) electrons. The molecule has 0 amide bonds. The third-order valence-corrected chi connectivity index (χ3v) is 4.17. The van der Waals surface area contributed by atoms with Gasteiger partial charge < -0.3 is 10.5 Å². The van der Waals surface area contributed by atoms with E-state index in [9.17, 15) is 4.39 Å². The predicted molar refractivity (Wildman–Crippen MR) is 81.1 cm³/mol. The molecule has 0 fully saturated rings. The third-order valence-electron chi connectivity index (χ3n) is 2.58. The van der Waals surface area contributed by atoms with Crippen LogP contribution in [0.3, 0.4) is 0 Å². The number of thioether (sulfide) groups is 1. The van der Waals surface area contributed by atoms with E-state index in [0.717, 1.165) is 15.8 Å². The molecule has 100 valence electrons. The minimum atomic E-state index is -0.293. The van der Waals surface area contributed by atoms with E-state index in [2.05, 4.69) is 15.9 Å². The molecule has 0 aliphatic carbocycles. The van der Waals surface area contributed by atoms with Gasteiger partial charge in [0.05, 0.1) is 7.11 Å². The lowest BCUT2D eigenvalue weighted by Gasteiger charge is -2.09. The van der Waals surface area contributed by atoms with E-state index >= 15 is 0 Å². The van der Waals surface area contributed by atoms with Crippen LogP contribution in [0.1, 0.15) is 5.56 Å². The average molecular weight is 342 g/mol. The summed E-state index contributed by atoms with van der Waals surface area (Å²) in [5, 5.41) is 0. The molecule has 0 bridgehead atoms. The molecule has 2 aromatic carbocycles. The van der Waals surface area contributed by atoms with Crippen LogP contribution in [0.15, 0.2) is 45.8 Å². The Morgan fingerprint density at radius 2 is 2.05 bits per heavy atom. The van der Waals surface area contributed by atoms with Gasteiger partial charge in [-0.05, 0) is 36.4 Å². The molecule has 0 heterocycles. The normalized spacial score (nSPS) is 10.5. The number of rotatable bonds is 4. The van der Waals surface area contributed by atoms with Crippen molar-refractivity contribution in [3.05, 3.63) is 52.3 Å². The fourth-order valence-electron chi connectivity index (χ4n) is 1.65. The van der Waals surface area contributed by atoms with Gasteiger partial charge >= 0.3 is 0 Å². The summed E-state index contributed by atoms with van der Waals surface area (Å²) in [6, 6.07) is 10.5. The lowest BCUT2D eigenvalue weighted by molar-refractivity contribution is 0.411. The minimum Gasteiger partial charge on any atom is -0.496 e. The summed E-state index contributed by atoms with van der Waals surface area (Å²) in [6.45, 7) is 0. The number of nitrogens with two attached hydrogens (primary N) is 1. The highest BCUT2D eigenvalue weighted by Gasteiger charge is 2.07. The summed E-state index contributed by atoms with van der Waals surface area (Å²) < 4.78 is 19.9. The zero-order valence-electron chi connectivity index (χ0n) is 10.3. The molecule has 0 aromatic heterocycles. The number of hydrogen-bond acceptors (Lipinski definition) is 3. The van der Waals surface area contributed by atoms with Crippen molar-refractivity contribution in [3.63, 3.8) is 0 Å². The molecule has 0 unspecified atom stereocenters. The fourth-order valence-corrected chi connectivity index (χ4v) is 2.96. The molecule has 2 rings (SSSR count). The van der Waals surface area contributed by atoms with Crippen LogP contribution in [0, 0.1) is 5.82 Å². The summed E-state index contributed by atoms with van der Waals surface area (Å²) in [4.78, 5) is 0.580. The second-order valence-corrected chi connectivity index (χ2v) is 5.87. The topological polar surface area (TPSA) is 35.2 Å². The number of benzene rings is 2. The predicted octanol–water partition coefficient (Wildman–Crippen LogP) is 4.47. The highest BCUT2D eigenvalue weighted by molar-refractivity contribution is 9.10. The zero-order chi connectivity index (χ0) is 13.8. The van der Waals surface area contributed by atoms with E-state index in [1.165, 1.54) is 17.8 Å². The number of nitrogen functional groups attached to an aromatic ring is 1. The van der Waals surface area contributed by atoms with Crippen LogP contribution in [0.25, 0.3) is 0 Å². The molecule has 0 aliphatic rings. The smallest absolute Gasteiger partial charge is 0.138 e. The van der Waals surface area contributed by atoms with Crippen molar-refractivity contribution in [2.24, 2.45) is 0 Å². The van der Waals surface area contributed by atoms with E-state index in [-0.39, 0.29) is 5.82 Å². The standard InChI is InChI=1S/C14H13BrFNOS/c1-18-13-4-2-10(15)6-9(13)8-19-14-5-3-11(17)7-12(14)16/h2-7H,8,17H2,1H3. The monoisotopic (exact) mass is 341 g/mol. The van der Waals surface area contributed by atoms with Gasteiger partial charge in [0.1, 0.15) is 11.6 Å². The van der Waals surface area contributed by atoms with Crippen molar-refractivity contribution < 1.29 is 9.13 Å². The van der Waals surface area contributed by atoms with Crippen molar-refractivity contribution in [2.75, 3.05) is 12.8 Å². The Hall–Kier alpha value is -1.20. The van der Waals surface area contributed by atoms with Gasteiger partial charge in [0, 0.05) is 26.4 Å². The van der Waals surface area contributed by atoms with E-state index in [4.69, 9.17) is 10.5 Å². The van der Waals surface area contributed by atoms with Gasteiger partial charge in [0.15, 0.2) is 0 Å². The van der Waals surface area contributed by atoms with Crippen LogP contribution < -0.4 is 10.5 Å². The summed E-state index contributed by atoms with van der Waals surface area (Å²) in [5.41, 5.74) is 6.97. The summed E-state index contributed by atoms with van der Waals surface area (Å²) in [7, 11) is 1.63. The highest BCUT2D eigenvalue weighted by atomic mass is 79.9. The first kappa shape index (κ1) is 14.2. The molecule has 2 aromatic rings. The van der Waals surface area contributed by atoms with E-state index < -0.39 is 0 Å². The first-order chi connectivity index (χ1) is 9.10. The quantitative estimate of drug-likeness (QED) is 0.658. The number of hydrogen-bond donors (Lipinski definition) is 1. The molecule has 19 heavy (non-hydrogen) atoms. The minimum absolute atomic E-state index is 0.293. The lowest BCUT2D eigenvalue weighted by atomic mass is 10.2. The maximum absolute atomic E-state index is 13.7. The molecule has 2 N–H and O–H groups in total. The Kier molecular flexibility index (Phi) is 4.71. The van der Waals surface area contributed by atoms with Gasteiger partial charge in [0.25, 0.3) is 0 Å². The molecule has 5 heteroatoms.